The van der Waals surface area contributed by atoms with Gasteiger partial charge in [-0.25, -0.2) is 4.79 Å². The number of fused-ring (bicyclic) bond motifs is 5. The summed E-state index contributed by atoms with van der Waals surface area (Å²) in [7, 11) is 0. The van der Waals surface area contributed by atoms with Gasteiger partial charge in [-0.15, -0.1) is 0 Å². The van der Waals surface area contributed by atoms with Crippen LogP contribution in [0.2, 0.25) is 0 Å². The molecule has 2 bridgehead atoms. The maximum absolute atomic E-state index is 11.9. The van der Waals surface area contributed by atoms with Crippen molar-refractivity contribution < 1.29 is 14.3 Å². The Bertz CT molecular complexity index is 383. The van der Waals surface area contributed by atoms with Gasteiger partial charge in [-0.1, -0.05) is 0 Å². The third kappa shape index (κ3) is 1.20. The highest BCUT2D eigenvalue weighted by Crippen LogP contribution is 2.57. The average molecular weight is 220 g/mol. The Morgan fingerprint density at radius 2 is 2.06 bits per heavy atom. The number of ketones is 1. The number of rotatable bonds is 2. The molecule has 2 saturated carbocycles. The Hall–Kier alpha value is -1.12. The number of ether oxygens (including phenoxy) is 1. The molecule has 0 aromatic carbocycles. The van der Waals surface area contributed by atoms with Crippen molar-refractivity contribution in [2.75, 3.05) is 6.61 Å². The summed E-state index contributed by atoms with van der Waals surface area (Å²) in [6.45, 7) is 2.18. The van der Waals surface area contributed by atoms with E-state index in [0.29, 0.717) is 24.0 Å². The van der Waals surface area contributed by atoms with Gasteiger partial charge in [-0.3, -0.25) is 4.79 Å². The lowest BCUT2D eigenvalue weighted by Gasteiger charge is -2.25. The molecule has 0 aliphatic heterocycles. The van der Waals surface area contributed by atoms with Crippen molar-refractivity contribution in [2.24, 2.45) is 23.7 Å². The van der Waals surface area contributed by atoms with Crippen molar-refractivity contribution in [1.29, 1.82) is 0 Å². The van der Waals surface area contributed by atoms with Crippen molar-refractivity contribution in [3.05, 3.63) is 11.6 Å². The Morgan fingerprint density at radius 1 is 1.38 bits per heavy atom. The molecular weight excluding hydrogens is 204 g/mol. The lowest BCUT2D eigenvalue weighted by molar-refractivity contribution is -0.139. The van der Waals surface area contributed by atoms with E-state index in [-0.39, 0.29) is 23.6 Å². The lowest BCUT2D eigenvalue weighted by atomic mass is 9.78. The highest BCUT2D eigenvalue weighted by molar-refractivity contribution is 6.05. The van der Waals surface area contributed by atoms with E-state index >= 15 is 0 Å². The van der Waals surface area contributed by atoms with Gasteiger partial charge in [0.25, 0.3) is 0 Å². The topological polar surface area (TPSA) is 43.4 Å². The molecule has 0 N–H and O–H groups in total. The van der Waals surface area contributed by atoms with Crippen molar-refractivity contribution in [1.82, 2.24) is 0 Å². The van der Waals surface area contributed by atoms with E-state index in [0.717, 1.165) is 6.42 Å². The van der Waals surface area contributed by atoms with Crippen LogP contribution < -0.4 is 0 Å². The van der Waals surface area contributed by atoms with Crippen LogP contribution in [0.3, 0.4) is 0 Å². The second kappa shape index (κ2) is 3.44. The van der Waals surface area contributed by atoms with Gasteiger partial charge in [-0.05, 0) is 44.1 Å². The van der Waals surface area contributed by atoms with E-state index in [1.807, 2.05) is 0 Å². The predicted molar refractivity (Wildman–Crippen MR) is 57.5 cm³/mol. The number of esters is 1. The van der Waals surface area contributed by atoms with Gasteiger partial charge in [0.1, 0.15) is 0 Å². The highest BCUT2D eigenvalue weighted by Gasteiger charge is 2.55. The molecule has 3 aliphatic carbocycles. The molecule has 0 radical (unpaired) electrons. The van der Waals surface area contributed by atoms with E-state index < -0.39 is 0 Å². The summed E-state index contributed by atoms with van der Waals surface area (Å²) in [6.07, 6.45) is 5.03. The zero-order valence-corrected chi connectivity index (χ0v) is 9.44. The predicted octanol–water partition coefficient (Wildman–Crippen LogP) is 1.72. The monoisotopic (exact) mass is 220 g/mol. The SMILES string of the molecule is CCOC(=O)C1=CC(=O)[C@@H]2[C@H]3CC[C@H](C3)[C@H]12. The summed E-state index contributed by atoms with van der Waals surface area (Å²) >= 11 is 0. The van der Waals surface area contributed by atoms with Gasteiger partial charge in [-0.2, -0.15) is 0 Å². The third-order valence-corrected chi connectivity index (χ3v) is 4.41. The van der Waals surface area contributed by atoms with Gasteiger partial charge >= 0.3 is 5.97 Å². The summed E-state index contributed by atoms with van der Waals surface area (Å²) in [4.78, 5) is 23.6. The molecule has 0 unspecified atom stereocenters. The zero-order chi connectivity index (χ0) is 11.3. The van der Waals surface area contributed by atoms with E-state index in [2.05, 4.69) is 0 Å². The number of allylic oxidation sites excluding steroid dienone is 1. The maximum atomic E-state index is 11.9. The van der Waals surface area contributed by atoms with E-state index in [1.54, 1.807) is 13.0 Å². The largest absolute Gasteiger partial charge is 0.463 e. The van der Waals surface area contributed by atoms with Gasteiger partial charge in [0.05, 0.1) is 6.61 Å². The van der Waals surface area contributed by atoms with Crippen LogP contribution in [0.15, 0.2) is 11.6 Å². The maximum Gasteiger partial charge on any atom is 0.334 e. The first-order valence-electron chi connectivity index (χ1n) is 6.15. The Morgan fingerprint density at radius 3 is 2.75 bits per heavy atom. The molecule has 86 valence electrons. The molecule has 0 amide bonds. The average Bonchev–Trinajstić information content (AvgIpc) is 2.90. The molecule has 0 heterocycles. The first-order valence-corrected chi connectivity index (χ1v) is 6.15. The molecule has 16 heavy (non-hydrogen) atoms. The van der Waals surface area contributed by atoms with Crippen LogP contribution in [-0.4, -0.2) is 18.4 Å². The van der Waals surface area contributed by atoms with Gasteiger partial charge in [0.2, 0.25) is 0 Å². The summed E-state index contributed by atoms with van der Waals surface area (Å²) in [5.41, 5.74) is 0.657. The normalized spacial score (nSPS) is 39.8. The Labute approximate surface area is 94.8 Å². The minimum atomic E-state index is -0.268. The fourth-order valence-corrected chi connectivity index (χ4v) is 3.90. The molecular formula is C13H16O3. The number of carbonyl (C=O) groups is 2. The first-order chi connectivity index (χ1) is 7.72. The van der Waals surface area contributed by atoms with Gasteiger partial charge in [0.15, 0.2) is 5.78 Å². The molecule has 3 rings (SSSR count). The standard InChI is InChI=1S/C13H16O3/c1-2-16-13(15)9-6-10(14)12-8-4-3-7(5-8)11(9)12/h6-8,11-12H,2-5H2,1H3/t7-,8+,11-,12+/m1/s1. The van der Waals surface area contributed by atoms with Crippen LogP contribution in [0.1, 0.15) is 26.2 Å². The molecule has 3 heteroatoms. The number of hydrogen-bond acceptors (Lipinski definition) is 3. The fourth-order valence-electron chi connectivity index (χ4n) is 3.90. The number of hydrogen-bond donors (Lipinski definition) is 0. The molecule has 3 aliphatic rings. The minimum Gasteiger partial charge on any atom is -0.463 e. The summed E-state index contributed by atoms with van der Waals surface area (Å²) < 4.78 is 5.03. The smallest absolute Gasteiger partial charge is 0.334 e. The lowest BCUT2D eigenvalue weighted by Crippen LogP contribution is -2.26. The number of carbonyl (C=O) groups excluding carboxylic acids is 2. The molecule has 2 fully saturated rings. The van der Waals surface area contributed by atoms with Crippen LogP contribution in [0.5, 0.6) is 0 Å². The van der Waals surface area contributed by atoms with Crippen LogP contribution in [0, 0.1) is 23.7 Å². The van der Waals surface area contributed by atoms with E-state index in [4.69, 9.17) is 4.74 Å². The van der Waals surface area contributed by atoms with Crippen LogP contribution in [0.25, 0.3) is 0 Å². The van der Waals surface area contributed by atoms with Crippen molar-refractivity contribution in [2.45, 2.75) is 26.2 Å². The van der Waals surface area contributed by atoms with E-state index in [1.165, 1.54) is 12.8 Å². The first kappa shape index (κ1) is 10.1. The molecule has 3 nitrogen and oxygen atoms in total. The minimum absolute atomic E-state index is 0.109. The van der Waals surface area contributed by atoms with Crippen molar-refractivity contribution in [3.63, 3.8) is 0 Å². The van der Waals surface area contributed by atoms with Gasteiger partial charge in [0, 0.05) is 17.4 Å². The summed E-state index contributed by atoms with van der Waals surface area (Å²) in [6, 6.07) is 0. The fraction of sp³-hybridized carbons (Fsp3) is 0.692. The second-order valence-electron chi connectivity index (χ2n) is 5.11. The second-order valence-corrected chi connectivity index (χ2v) is 5.11. The molecule has 0 aromatic heterocycles. The molecule has 0 spiro atoms. The van der Waals surface area contributed by atoms with Crippen LogP contribution in [0.4, 0.5) is 0 Å². The van der Waals surface area contributed by atoms with E-state index in [9.17, 15) is 9.59 Å². The third-order valence-electron chi connectivity index (χ3n) is 4.41. The molecule has 4 atom stereocenters. The highest BCUT2D eigenvalue weighted by atomic mass is 16.5. The summed E-state index contributed by atoms with van der Waals surface area (Å²) in [5.74, 6) is 1.28. The summed E-state index contributed by atoms with van der Waals surface area (Å²) in [5, 5.41) is 0. The Balaban J connectivity index is 1.88. The van der Waals surface area contributed by atoms with Gasteiger partial charge < -0.3 is 4.74 Å². The van der Waals surface area contributed by atoms with Crippen LogP contribution >= 0.6 is 0 Å². The zero-order valence-electron chi connectivity index (χ0n) is 9.44. The Kier molecular flexibility index (Phi) is 2.16. The quantitative estimate of drug-likeness (QED) is 0.665. The molecule has 0 saturated heterocycles. The molecule has 0 aromatic rings. The van der Waals surface area contributed by atoms with Crippen LogP contribution in [-0.2, 0) is 14.3 Å². The van der Waals surface area contributed by atoms with Crippen molar-refractivity contribution >= 4 is 11.8 Å². The van der Waals surface area contributed by atoms with Crippen molar-refractivity contribution in [3.8, 4) is 0 Å².